The molecule has 1 unspecified atom stereocenters. The van der Waals surface area contributed by atoms with Gasteiger partial charge in [-0.3, -0.25) is 4.99 Å². The van der Waals surface area contributed by atoms with Crippen LogP contribution in [-0.4, -0.2) is 28.8 Å². The Morgan fingerprint density at radius 3 is 2.75 bits per heavy atom. The van der Waals surface area contributed by atoms with Crippen LogP contribution in [0.2, 0.25) is 0 Å². The molecule has 2 aliphatic rings. The lowest BCUT2D eigenvalue weighted by atomic mass is 9.78. The molecule has 0 radical (unpaired) electrons. The van der Waals surface area contributed by atoms with Gasteiger partial charge in [0.2, 0.25) is 0 Å². The summed E-state index contributed by atoms with van der Waals surface area (Å²) in [4.78, 5) is 15.3. The normalized spacial score (nSPS) is 20.2. The molecule has 2 heterocycles. The van der Waals surface area contributed by atoms with E-state index in [0.717, 1.165) is 35.8 Å². The first-order valence-corrected chi connectivity index (χ1v) is 10.6. The van der Waals surface area contributed by atoms with Gasteiger partial charge in [-0.1, -0.05) is 55.9 Å². The predicted octanol–water partition coefficient (Wildman–Crippen LogP) is 5.14. The van der Waals surface area contributed by atoms with E-state index in [1.54, 1.807) is 18.1 Å². The summed E-state index contributed by atoms with van der Waals surface area (Å²) in [5, 5.41) is 7.74. The summed E-state index contributed by atoms with van der Waals surface area (Å²) in [5.74, 6) is 0.836. The van der Waals surface area contributed by atoms with E-state index in [2.05, 4.69) is 71.7 Å². The molecule has 0 bridgehead atoms. The zero-order valence-electron chi connectivity index (χ0n) is 16.9. The maximum atomic E-state index is 5.17. The Labute approximate surface area is 171 Å². The summed E-state index contributed by atoms with van der Waals surface area (Å²) in [6.07, 6.45) is 4.55. The van der Waals surface area contributed by atoms with Gasteiger partial charge in [-0.2, -0.15) is 0 Å². The maximum Gasteiger partial charge on any atom is 0.154 e. The van der Waals surface area contributed by atoms with Crippen LogP contribution >= 0.6 is 11.8 Å². The molecular formula is C22H27N5S. The van der Waals surface area contributed by atoms with Crippen LogP contribution in [0.3, 0.4) is 0 Å². The molecule has 0 amide bonds. The first-order valence-electron chi connectivity index (χ1n) is 9.77. The second-order valence-electron chi connectivity index (χ2n) is 8.32. The predicted molar refractivity (Wildman–Crippen MR) is 118 cm³/mol. The second-order valence-corrected chi connectivity index (χ2v) is 9.32. The average molecular weight is 394 g/mol. The molecule has 4 rings (SSSR count). The number of thioether (sulfide) groups is 1. The maximum absolute atomic E-state index is 5.17. The molecule has 1 atom stereocenters. The fourth-order valence-corrected chi connectivity index (χ4v) is 4.95. The van der Waals surface area contributed by atoms with Crippen molar-refractivity contribution in [1.82, 2.24) is 9.97 Å². The fraction of sp³-hybridized carbons (Fsp3) is 0.409. The quantitative estimate of drug-likeness (QED) is 0.704. The summed E-state index contributed by atoms with van der Waals surface area (Å²) in [5.41, 5.74) is 4.91. The zero-order chi connectivity index (χ0) is 19.7. The van der Waals surface area contributed by atoms with Crippen molar-refractivity contribution in [2.24, 2.45) is 10.4 Å². The number of hydrogen-bond acceptors (Lipinski definition) is 6. The molecular weight excluding hydrogens is 366 g/mol. The van der Waals surface area contributed by atoms with Crippen LogP contribution in [0, 0.1) is 5.41 Å². The van der Waals surface area contributed by atoms with Gasteiger partial charge in [0.05, 0.1) is 16.7 Å². The molecule has 1 aromatic carbocycles. The van der Waals surface area contributed by atoms with Crippen LogP contribution < -0.4 is 10.6 Å². The summed E-state index contributed by atoms with van der Waals surface area (Å²) in [6, 6.07) is 10.8. The van der Waals surface area contributed by atoms with Crippen molar-refractivity contribution < 1.29 is 0 Å². The van der Waals surface area contributed by atoms with Crippen LogP contribution in [0.15, 0.2) is 57.3 Å². The molecule has 28 heavy (non-hydrogen) atoms. The minimum atomic E-state index is 0.171. The number of allylic oxidation sites excluding steroid dienone is 2. The van der Waals surface area contributed by atoms with Crippen molar-refractivity contribution in [2.45, 2.75) is 51.1 Å². The lowest BCUT2D eigenvalue weighted by Gasteiger charge is -2.37. The molecule has 5 nitrogen and oxygen atoms in total. The Balaban J connectivity index is 1.66. The van der Waals surface area contributed by atoms with Crippen LogP contribution in [0.5, 0.6) is 0 Å². The van der Waals surface area contributed by atoms with E-state index in [-0.39, 0.29) is 11.5 Å². The van der Waals surface area contributed by atoms with Gasteiger partial charge in [0.25, 0.3) is 0 Å². The van der Waals surface area contributed by atoms with E-state index in [9.17, 15) is 0 Å². The third-order valence-corrected chi connectivity index (χ3v) is 6.30. The van der Waals surface area contributed by atoms with Gasteiger partial charge in [-0.15, -0.1) is 0 Å². The highest BCUT2D eigenvalue weighted by molar-refractivity contribution is 8.04. The Bertz CT molecular complexity index is 933. The van der Waals surface area contributed by atoms with Crippen molar-refractivity contribution in [1.29, 1.82) is 0 Å². The first-order chi connectivity index (χ1) is 13.4. The zero-order valence-corrected chi connectivity index (χ0v) is 17.7. The molecule has 2 aromatic rings. The van der Waals surface area contributed by atoms with Gasteiger partial charge in [0.15, 0.2) is 5.82 Å². The molecule has 2 N–H and O–H groups in total. The van der Waals surface area contributed by atoms with Gasteiger partial charge in [-0.05, 0) is 37.2 Å². The smallest absolute Gasteiger partial charge is 0.154 e. The van der Waals surface area contributed by atoms with E-state index in [4.69, 9.17) is 4.99 Å². The summed E-state index contributed by atoms with van der Waals surface area (Å²) < 4.78 is 0. The lowest BCUT2D eigenvalue weighted by molar-refractivity contribution is 0.372. The molecule has 0 fully saturated rings. The highest BCUT2D eigenvalue weighted by atomic mass is 32.2. The van der Waals surface area contributed by atoms with Crippen molar-refractivity contribution in [2.75, 3.05) is 17.7 Å². The summed E-state index contributed by atoms with van der Waals surface area (Å²) in [7, 11) is 1.89. The number of anilines is 2. The average Bonchev–Trinajstić information content (AvgIpc) is 2.66. The second kappa shape index (κ2) is 7.59. The van der Waals surface area contributed by atoms with Crippen LogP contribution in [-0.2, 0) is 6.42 Å². The summed E-state index contributed by atoms with van der Waals surface area (Å²) >= 11 is 1.72. The number of benzene rings is 1. The molecule has 6 heteroatoms. The van der Waals surface area contributed by atoms with E-state index in [1.807, 2.05) is 7.05 Å². The highest BCUT2D eigenvalue weighted by Gasteiger charge is 2.36. The van der Waals surface area contributed by atoms with Crippen molar-refractivity contribution in [3.8, 4) is 0 Å². The molecule has 0 spiro atoms. The molecule has 0 saturated carbocycles. The molecule has 146 valence electrons. The van der Waals surface area contributed by atoms with Gasteiger partial charge in [0.1, 0.15) is 17.0 Å². The minimum absolute atomic E-state index is 0.171. The van der Waals surface area contributed by atoms with E-state index in [0.29, 0.717) is 0 Å². The Morgan fingerprint density at radius 2 is 2.00 bits per heavy atom. The number of nitrogens with zero attached hydrogens (tertiary/aromatic N) is 3. The van der Waals surface area contributed by atoms with Gasteiger partial charge < -0.3 is 10.6 Å². The van der Waals surface area contributed by atoms with E-state index >= 15 is 0 Å². The third kappa shape index (κ3) is 3.92. The first kappa shape index (κ1) is 19.0. The highest BCUT2D eigenvalue weighted by Crippen LogP contribution is 2.49. The van der Waals surface area contributed by atoms with Gasteiger partial charge in [0, 0.05) is 12.7 Å². The number of aromatic nitrogens is 2. The van der Waals surface area contributed by atoms with E-state index < -0.39 is 0 Å². The van der Waals surface area contributed by atoms with Crippen LogP contribution in [0.1, 0.15) is 39.2 Å². The molecule has 1 aromatic heterocycles. The monoisotopic (exact) mass is 393 g/mol. The number of aliphatic imine (C=N–C) groups is 1. The largest absolute Gasteiger partial charge is 0.371 e. The lowest BCUT2D eigenvalue weighted by Crippen LogP contribution is -2.30. The Kier molecular flexibility index (Phi) is 5.15. The minimum Gasteiger partial charge on any atom is -0.371 e. The van der Waals surface area contributed by atoms with Crippen molar-refractivity contribution >= 4 is 29.0 Å². The Morgan fingerprint density at radius 1 is 1.21 bits per heavy atom. The molecule has 0 saturated heterocycles. The van der Waals surface area contributed by atoms with Crippen molar-refractivity contribution in [3.05, 3.63) is 52.8 Å². The van der Waals surface area contributed by atoms with E-state index in [1.165, 1.54) is 21.9 Å². The molecule has 1 aliphatic heterocycles. The van der Waals surface area contributed by atoms with Crippen LogP contribution in [0.4, 0.5) is 11.5 Å². The number of fused-ring (bicyclic) bond motifs is 1. The van der Waals surface area contributed by atoms with Crippen molar-refractivity contribution in [3.63, 3.8) is 0 Å². The fourth-order valence-electron chi connectivity index (χ4n) is 3.92. The SMILES string of the molecule is CNc1ncnc2c1NC1=C(S2)C(=NC(C)Cc2ccccc2)CC(C)(C)C1. The number of rotatable bonds is 4. The number of nitrogens with one attached hydrogen (secondary N) is 2. The standard InChI is InChI=1S/C22H27N5S/c1-14(10-15-8-6-5-7-9-15)26-16-11-22(2,3)12-17-19(16)28-21-18(27-17)20(23-4)24-13-25-21/h5-9,13-14,27H,10-12H2,1-4H3,(H,23,24,25). The summed E-state index contributed by atoms with van der Waals surface area (Å²) in [6.45, 7) is 6.84. The third-order valence-electron chi connectivity index (χ3n) is 5.11. The van der Waals surface area contributed by atoms with Gasteiger partial charge >= 0.3 is 0 Å². The number of hydrogen-bond donors (Lipinski definition) is 2. The molecule has 1 aliphatic carbocycles. The Hall–Kier alpha value is -2.34. The van der Waals surface area contributed by atoms with Gasteiger partial charge in [-0.25, -0.2) is 9.97 Å². The topological polar surface area (TPSA) is 62.2 Å². The van der Waals surface area contributed by atoms with Crippen LogP contribution in [0.25, 0.3) is 0 Å².